The summed E-state index contributed by atoms with van der Waals surface area (Å²) in [5.74, 6) is -1.79. The molecule has 0 aliphatic heterocycles. The lowest BCUT2D eigenvalue weighted by Gasteiger charge is -2.16. The Morgan fingerprint density at radius 1 is 1.48 bits per heavy atom. The minimum absolute atomic E-state index is 0.00413. The molecule has 114 valence electrons. The highest BCUT2D eigenvalue weighted by Gasteiger charge is 2.24. The van der Waals surface area contributed by atoms with E-state index in [0.29, 0.717) is 6.42 Å². The number of hydrogen-bond donors (Lipinski definition) is 2. The number of carboxylic acid groups (broad SMARTS) is 1. The molecule has 8 heteroatoms. The van der Waals surface area contributed by atoms with Crippen molar-refractivity contribution in [3.63, 3.8) is 0 Å². The summed E-state index contributed by atoms with van der Waals surface area (Å²) in [6.07, 6.45) is 0.203. The Morgan fingerprint density at radius 2 is 2.14 bits per heavy atom. The summed E-state index contributed by atoms with van der Waals surface area (Å²) < 4.78 is 4.94. The number of carbonyl (C=O) groups excluding carboxylic acids is 1. The van der Waals surface area contributed by atoms with Gasteiger partial charge < -0.3 is 15.2 Å². The number of nitrogens with one attached hydrogen (secondary N) is 1. The molecule has 0 radical (unpaired) electrons. The standard InChI is InChI=1S/C13H16N2O6/c1-3-8(7-11(16)17)14-13(18)9-5-4-6-10(15(19)20)12(9)21-2/h4-6,8H,3,7H2,1-2H3,(H,14,18)(H,16,17). The van der Waals surface area contributed by atoms with Gasteiger partial charge in [-0.3, -0.25) is 19.7 Å². The van der Waals surface area contributed by atoms with E-state index in [1.165, 1.54) is 25.3 Å². The Bertz CT molecular complexity index is 558. The van der Waals surface area contributed by atoms with Crippen LogP contribution in [0.5, 0.6) is 5.75 Å². The average molecular weight is 296 g/mol. The number of hydrogen-bond acceptors (Lipinski definition) is 5. The number of nitro groups is 1. The maximum atomic E-state index is 12.1. The normalized spacial score (nSPS) is 11.5. The number of rotatable bonds is 7. The van der Waals surface area contributed by atoms with Crippen LogP contribution in [-0.2, 0) is 4.79 Å². The second kappa shape index (κ2) is 7.22. The van der Waals surface area contributed by atoms with E-state index in [-0.39, 0.29) is 23.4 Å². The SMILES string of the molecule is CCC(CC(=O)O)NC(=O)c1cccc([N+](=O)[O-])c1OC. The molecule has 0 heterocycles. The van der Waals surface area contributed by atoms with Crippen LogP contribution in [0.4, 0.5) is 5.69 Å². The van der Waals surface area contributed by atoms with Gasteiger partial charge in [-0.25, -0.2) is 0 Å². The summed E-state index contributed by atoms with van der Waals surface area (Å²) in [6, 6.07) is 3.42. The molecule has 1 aromatic rings. The van der Waals surface area contributed by atoms with Crippen molar-refractivity contribution in [3.8, 4) is 5.75 Å². The molecule has 1 amide bonds. The second-order valence-electron chi connectivity index (χ2n) is 4.29. The van der Waals surface area contributed by atoms with E-state index >= 15 is 0 Å². The first-order valence-corrected chi connectivity index (χ1v) is 6.24. The lowest BCUT2D eigenvalue weighted by atomic mass is 10.1. The van der Waals surface area contributed by atoms with E-state index in [9.17, 15) is 19.7 Å². The van der Waals surface area contributed by atoms with Crippen LogP contribution < -0.4 is 10.1 Å². The lowest BCUT2D eigenvalue weighted by Crippen LogP contribution is -2.36. The topological polar surface area (TPSA) is 119 Å². The van der Waals surface area contributed by atoms with Crippen LogP contribution in [0.3, 0.4) is 0 Å². The Labute approximate surface area is 120 Å². The smallest absolute Gasteiger partial charge is 0.311 e. The number of para-hydroxylation sites is 1. The molecule has 0 saturated carbocycles. The van der Waals surface area contributed by atoms with Crippen molar-refractivity contribution in [2.45, 2.75) is 25.8 Å². The van der Waals surface area contributed by atoms with Crippen LogP contribution in [0.1, 0.15) is 30.1 Å². The number of carboxylic acids is 1. The van der Waals surface area contributed by atoms with Crippen LogP contribution in [0.25, 0.3) is 0 Å². The van der Waals surface area contributed by atoms with Gasteiger partial charge in [0.05, 0.1) is 24.0 Å². The minimum atomic E-state index is -1.03. The summed E-state index contributed by atoms with van der Waals surface area (Å²) in [4.78, 5) is 33.1. The third-order valence-electron chi connectivity index (χ3n) is 2.89. The molecule has 0 fully saturated rings. The monoisotopic (exact) mass is 296 g/mol. The van der Waals surface area contributed by atoms with Crippen molar-refractivity contribution in [2.24, 2.45) is 0 Å². The molecular weight excluding hydrogens is 280 g/mol. The van der Waals surface area contributed by atoms with Gasteiger partial charge in [0.25, 0.3) is 5.91 Å². The molecule has 0 saturated heterocycles. The molecular formula is C13H16N2O6. The summed E-state index contributed by atoms with van der Waals surface area (Å²) in [5.41, 5.74) is -0.327. The maximum Gasteiger partial charge on any atom is 0.311 e. The molecule has 1 rings (SSSR count). The van der Waals surface area contributed by atoms with E-state index < -0.39 is 22.8 Å². The molecule has 2 N–H and O–H groups in total. The zero-order chi connectivity index (χ0) is 16.0. The molecule has 21 heavy (non-hydrogen) atoms. The highest BCUT2D eigenvalue weighted by atomic mass is 16.6. The fourth-order valence-corrected chi connectivity index (χ4v) is 1.83. The van der Waals surface area contributed by atoms with Crippen molar-refractivity contribution in [3.05, 3.63) is 33.9 Å². The van der Waals surface area contributed by atoms with Crippen LogP contribution in [0.15, 0.2) is 18.2 Å². The summed E-state index contributed by atoms with van der Waals surface area (Å²) in [7, 11) is 1.23. The first kappa shape index (κ1) is 16.4. The Balaban J connectivity index is 3.04. The van der Waals surface area contributed by atoms with E-state index in [2.05, 4.69) is 5.32 Å². The van der Waals surface area contributed by atoms with Gasteiger partial charge in [0.2, 0.25) is 5.75 Å². The minimum Gasteiger partial charge on any atom is -0.490 e. The Morgan fingerprint density at radius 3 is 2.62 bits per heavy atom. The second-order valence-corrected chi connectivity index (χ2v) is 4.29. The van der Waals surface area contributed by atoms with E-state index in [4.69, 9.17) is 9.84 Å². The quantitative estimate of drug-likeness (QED) is 0.582. The molecule has 8 nitrogen and oxygen atoms in total. The summed E-state index contributed by atoms with van der Waals surface area (Å²) in [6.45, 7) is 1.73. The fraction of sp³-hybridized carbons (Fsp3) is 0.385. The predicted molar refractivity (Wildman–Crippen MR) is 73.4 cm³/mol. The first-order chi connectivity index (χ1) is 9.90. The Kier molecular flexibility index (Phi) is 5.65. The molecule has 0 spiro atoms. The van der Waals surface area contributed by atoms with Crippen LogP contribution in [-0.4, -0.2) is 35.1 Å². The number of aliphatic carboxylic acids is 1. The number of nitro benzene ring substituents is 1. The number of ether oxygens (including phenoxy) is 1. The van der Waals surface area contributed by atoms with Crippen molar-refractivity contribution >= 4 is 17.6 Å². The van der Waals surface area contributed by atoms with Gasteiger partial charge in [-0.2, -0.15) is 0 Å². The highest BCUT2D eigenvalue weighted by Crippen LogP contribution is 2.30. The van der Waals surface area contributed by atoms with Gasteiger partial charge in [-0.1, -0.05) is 13.0 Å². The highest BCUT2D eigenvalue weighted by molar-refractivity contribution is 5.98. The van der Waals surface area contributed by atoms with Gasteiger partial charge in [0, 0.05) is 12.1 Å². The molecule has 0 aliphatic rings. The zero-order valence-corrected chi connectivity index (χ0v) is 11.7. The lowest BCUT2D eigenvalue weighted by molar-refractivity contribution is -0.385. The van der Waals surface area contributed by atoms with Gasteiger partial charge >= 0.3 is 11.7 Å². The summed E-state index contributed by atoms with van der Waals surface area (Å²) >= 11 is 0. The number of nitrogens with zero attached hydrogens (tertiary/aromatic N) is 1. The number of benzene rings is 1. The Hall–Kier alpha value is -2.64. The van der Waals surface area contributed by atoms with E-state index in [1.807, 2.05) is 0 Å². The molecule has 0 bridgehead atoms. The molecule has 1 unspecified atom stereocenters. The van der Waals surface area contributed by atoms with Gasteiger partial charge in [0.15, 0.2) is 0 Å². The predicted octanol–water partition coefficient (Wildman–Crippen LogP) is 1.59. The third kappa shape index (κ3) is 4.16. The number of carbonyl (C=O) groups is 2. The molecule has 0 aliphatic carbocycles. The molecule has 1 atom stereocenters. The molecule has 1 aromatic carbocycles. The summed E-state index contributed by atoms with van der Waals surface area (Å²) in [5, 5.41) is 22.2. The largest absolute Gasteiger partial charge is 0.490 e. The van der Waals surface area contributed by atoms with Gasteiger partial charge in [0.1, 0.15) is 0 Å². The van der Waals surface area contributed by atoms with Crippen LogP contribution in [0.2, 0.25) is 0 Å². The van der Waals surface area contributed by atoms with Crippen molar-refractivity contribution < 1.29 is 24.4 Å². The van der Waals surface area contributed by atoms with Crippen LogP contribution in [0, 0.1) is 10.1 Å². The van der Waals surface area contributed by atoms with Crippen molar-refractivity contribution in [2.75, 3.05) is 7.11 Å². The zero-order valence-electron chi connectivity index (χ0n) is 11.7. The van der Waals surface area contributed by atoms with Crippen molar-refractivity contribution in [1.29, 1.82) is 0 Å². The van der Waals surface area contributed by atoms with Gasteiger partial charge in [-0.05, 0) is 12.5 Å². The third-order valence-corrected chi connectivity index (χ3v) is 2.89. The number of amides is 1. The molecule has 0 aromatic heterocycles. The first-order valence-electron chi connectivity index (χ1n) is 6.24. The van der Waals surface area contributed by atoms with Gasteiger partial charge in [-0.15, -0.1) is 0 Å². The van der Waals surface area contributed by atoms with E-state index in [1.54, 1.807) is 6.92 Å². The maximum absolute atomic E-state index is 12.1. The average Bonchev–Trinajstić information content (AvgIpc) is 2.44. The fourth-order valence-electron chi connectivity index (χ4n) is 1.83. The van der Waals surface area contributed by atoms with Crippen LogP contribution >= 0.6 is 0 Å². The van der Waals surface area contributed by atoms with E-state index in [0.717, 1.165) is 0 Å². The van der Waals surface area contributed by atoms with Crippen molar-refractivity contribution in [1.82, 2.24) is 5.32 Å². The number of methoxy groups -OCH3 is 1.